The van der Waals surface area contributed by atoms with Gasteiger partial charge in [-0.05, 0) is 24.0 Å². The Balaban J connectivity index is 2.91. The van der Waals surface area contributed by atoms with Crippen LogP contribution in [0.15, 0.2) is 45.5 Å². The van der Waals surface area contributed by atoms with Gasteiger partial charge < -0.3 is 5.73 Å². The summed E-state index contributed by atoms with van der Waals surface area (Å²) < 4.78 is 0. The predicted molar refractivity (Wildman–Crippen MR) is 68.3 cm³/mol. The van der Waals surface area contributed by atoms with E-state index in [1.54, 1.807) is 23.9 Å². The molecule has 0 bridgehead atoms. The molecule has 84 valence electrons. The molecular formula is C12H10N4S. The van der Waals surface area contributed by atoms with Crippen molar-refractivity contribution in [1.82, 2.24) is 0 Å². The highest BCUT2D eigenvalue weighted by Crippen LogP contribution is 2.14. The zero-order valence-electron chi connectivity index (χ0n) is 9.21. The van der Waals surface area contributed by atoms with Crippen LogP contribution in [0.2, 0.25) is 0 Å². The molecule has 0 saturated carbocycles. The molecule has 0 amide bonds. The van der Waals surface area contributed by atoms with Crippen LogP contribution in [-0.2, 0) is 0 Å². The van der Waals surface area contributed by atoms with Crippen molar-refractivity contribution < 1.29 is 0 Å². The van der Waals surface area contributed by atoms with E-state index in [1.165, 1.54) is 6.21 Å². The molecule has 0 aliphatic carbocycles. The molecule has 5 heteroatoms. The Morgan fingerprint density at radius 2 is 1.94 bits per heavy atom. The van der Waals surface area contributed by atoms with Crippen molar-refractivity contribution in [1.29, 1.82) is 10.5 Å². The number of aliphatic imine (C=N–C) groups is 1. The summed E-state index contributed by atoms with van der Waals surface area (Å²) in [5.41, 5.74) is 5.92. The van der Waals surface area contributed by atoms with Crippen molar-refractivity contribution in [3.8, 4) is 12.1 Å². The molecule has 0 fully saturated rings. The maximum absolute atomic E-state index is 8.73. The van der Waals surface area contributed by atoms with E-state index in [4.69, 9.17) is 16.3 Å². The van der Waals surface area contributed by atoms with Gasteiger partial charge in [-0.3, -0.25) is 0 Å². The second kappa shape index (κ2) is 6.37. The number of allylic oxidation sites excluding steroid dienone is 2. The Kier molecular flexibility index (Phi) is 4.80. The molecule has 4 nitrogen and oxygen atoms in total. The molecule has 0 aliphatic heterocycles. The Hall–Kier alpha value is -2.24. The van der Waals surface area contributed by atoms with Crippen LogP contribution in [0.1, 0.15) is 5.56 Å². The number of rotatable bonds is 3. The molecule has 0 atom stereocenters. The third-order valence-corrected chi connectivity index (χ3v) is 2.68. The first-order chi connectivity index (χ1) is 8.21. The molecular weight excluding hydrogens is 232 g/mol. The molecule has 0 heterocycles. The van der Waals surface area contributed by atoms with Gasteiger partial charge in [0, 0.05) is 11.1 Å². The van der Waals surface area contributed by atoms with Crippen molar-refractivity contribution in [3.63, 3.8) is 0 Å². The third kappa shape index (κ3) is 3.67. The van der Waals surface area contributed by atoms with Crippen LogP contribution in [0.3, 0.4) is 0 Å². The lowest BCUT2D eigenvalue weighted by Crippen LogP contribution is -1.97. The summed E-state index contributed by atoms with van der Waals surface area (Å²) in [5.74, 6) is 0. The van der Waals surface area contributed by atoms with Crippen LogP contribution < -0.4 is 5.73 Å². The van der Waals surface area contributed by atoms with E-state index in [-0.39, 0.29) is 11.4 Å². The van der Waals surface area contributed by atoms with Crippen molar-refractivity contribution in [3.05, 3.63) is 41.2 Å². The molecule has 0 saturated heterocycles. The Labute approximate surface area is 104 Å². The molecule has 17 heavy (non-hydrogen) atoms. The van der Waals surface area contributed by atoms with E-state index < -0.39 is 0 Å². The molecule has 0 spiro atoms. The third-order valence-electron chi connectivity index (χ3n) is 1.94. The molecule has 0 aromatic heterocycles. The van der Waals surface area contributed by atoms with Gasteiger partial charge in [0.05, 0.1) is 0 Å². The van der Waals surface area contributed by atoms with Gasteiger partial charge in [-0.15, -0.1) is 11.8 Å². The quantitative estimate of drug-likeness (QED) is 0.499. The van der Waals surface area contributed by atoms with E-state index >= 15 is 0 Å². The predicted octanol–water partition coefficient (Wildman–Crippen LogP) is 2.04. The van der Waals surface area contributed by atoms with E-state index in [9.17, 15) is 0 Å². The normalized spacial score (nSPS) is 11.7. The highest BCUT2D eigenvalue weighted by atomic mass is 32.2. The van der Waals surface area contributed by atoms with Gasteiger partial charge in [-0.25, -0.2) is 4.99 Å². The van der Waals surface area contributed by atoms with E-state index in [0.717, 1.165) is 10.5 Å². The number of nitrogens with two attached hydrogens (primary N) is 1. The Morgan fingerprint density at radius 1 is 1.29 bits per heavy atom. The van der Waals surface area contributed by atoms with E-state index in [0.29, 0.717) is 0 Å². The molecule has 0 unspecified atom stereocenters. The van der Waals surface area contributed by atoms with Crippen molar-refractivity contribution in [2.75, 3.05) is 6.26 Å². The first-order valence-corrected chi connectivity index (χ1v) is 5.91. The fourth-order valence-electron chi connectivity index (χ4n) is 1.04. The monoisotopic (exact) mass is 242 g/mol. The molecule has 1 aromatic rings. The second-order valence-corrected chi connectivity index (χ2v) is 3.90. The van der Waals surface area contributed by atoms with Gasteiger partial charge in [0.15, 0.2) is 5.70 Å². The van der Waals surface area contributed by atoms with Gasteiger partial charge >= 0.3 is 0 Å². The fourth-order valence-corrected chi connectivity index (χ4v) is 1.45. The lowest BCUT2D eigenvalue weighted by molar-refractivity contribution is 1.27. The summed E-state index contributed by atoms with van der Waals surface area (Å²) in [6.45, 7) is 0. The highest BCUT2D eigenvalue weighted by molar-refractivity contribution is 7.98. The second-order valence-electron chi connectivity index (χ2n) is 3.02. The van der Waals surface area contributed by atoms with E-state index in [1.807, 2.05) is 30.5 Å². The molecule has 1 aromatic carbocycles. The number of benzene rings is 1. The van der Waals surface area contributed by atoms with Crippen LogP contribution in [0.5, 0.6) is 0 Å². The minimum absolute atomic E-state index is 0.0681. The SMILES string of the molecule is CSc1ccc(C=N/C(C#N)=C(\N)C#N)cc1. The minimum atomic E-state index is -0.176. The molecule has 0 radical (unpaired) electrons. The standard InChI is InChI=1S/C12H10N4S/c1-17-10-4-2-9(3-5-10)8-16-12(7-14)11(15)6-13/h2-5,8H,15H2,1H3/b12-11-,16-8?. The minimum Gasteiger partial charge on any atom is -0.388 e. The summed E-state index contributed by atoms with van der Waals surface area (Å²) in [6, 6.07) is 11.1. The zero-order chi connectivity index (χ0) is 12.7. The van der Waals surface area contributed by atoms with Crippen molar-refractivity contribution >= 4 is 18.0 Å². The lowest BCUT2D eigenvalue weighted by Gasteiger charge is -1.96. The summed E-state index contributed by atoms with van der Waals surface area (Å²) in [6.07, 6.45) is 3.50. The number of hydrogen-bond donors (Lipinski definition) is 1. The van der Waals surface area contributed by atoms with Crippen LogP contribution in [-0.4, -0.2) is 12.5 Å². The summed E-state index contributed by atoms with van der Waals surface area (Å²) >= 11 is 1.65. The molecule has 1 rings (SSSR count). The van der Waals surface area contributed by atoms with Gasteiger partial charge in [-0.2, -0.15) is 10.5 Å². The first-order valence-electron chi connectivity index (χ1n) is 4.69. The largest absolute Gasteiger partial charge is 0.388 e. The van der Waals surface area contributed by atoms with Crippen LogP contribution in [0.25, 0.3) is 0 Å². The van der Waals surface area contributed by atoms with Crippen molar-refractivity contribution in [2.45, 2.75) is 4.90 Å². The Bertz CT molecular complexity index is 529. The fraction of sp³-hybridized carbons (Fsp3) is 0.0833. The van der Waals surface area contributed by atoms with Crippen LogP contribution in [0, 0.1) is 22.7 Å². The Morgan fingerprint density at radius 3 is 2.41 bits per heavy atom. The number of thioether (sulfide) groups is 1. The van der Waals surface area contributed by atoms with Gasteiger partial charge in [-0.1, -0.05) is 12.1 Å². The topological polar surface area (TPSA) is 86.0 Å². The maximum Gasteiger partial charge on any atom is 0.174 e. The average Bonchev–Trinajstić information content (AvgIpc) is 2.39. The van der Waals surface area contributed by atoms with E-state index in [2.05, 4.69) is 4.99 Å². The smallest absolute Gasteiger partial charge is 0.174 e. The molecule has 0 aliphatic rings. The van der Waals surface area contributed by atoms with Gasteiger partial charge in [0.25, 0.3) is 0 Å². The number of nitriles is 2. The summed E-state index contributed by atoms with van der Waals surface area (Å²) in [4.78, 5) is 5.03. The highest BCUT2D eigenvalue weighted by Gasteiger charge is 1.98. The van der Waals surface area contributed by atoms with Crippen LogP contribution in [0.4, 0.5) is 0 Å². The summed E-state index contributed by atoms with van der Waals surface area (Å²) in [5, 5.41) is 17.3. The van der Waals surface area contributed by atoms with Crippen LogP contribution >= 0.6 is 11.8 Å². The number of nitrogens with zero attached hydrogens (tertiary/aromatic N) is 3. The van der Waals surface area contributed by atoms with Crippen molar-refractivity contribution in [2.24, 2.45) is 10.7 Å². The van der Waals surface area contributed by atoms with Gasteiger partial charge in [0.2, 0.25) is 0 Å². The maximum atomic E-state index is 8.73. The number of hydrogen-bond acceptors (Lipinski definition) is 5. The first kappa shape index (κ1) is 12.8. The zero-order valence-corrected chi connectivity index (χ0v) is 10.0. The van der Waals surface area contributed by atoms with Gasteiger partial charge in [0.1, 0.15) is 17.8 Å². The average molecular weight is 242 g/mol. The lowest BCUT2D eigenvalue weighted by atomic mass is 10.2. The molecule has 2 N–H and O–H groups in total. The summed E-state index contributed by atoms with van der Waals surface area (Å²) in [7, 11) is 0.